The zero-order valence-corrected chi connectivity index (χ0v) is 18.0. The predicted octanol–water partition coefficient (Wildman–Crippen LogP) is 2.45. The van der Waals surface area contributed by atoms with Gasteiger partial charge in [-0.1, -0.05) is 24.3 Å². The molecule has 0 saturated heterocycles. The maximum Gasteiger partial charge on any atom is 0.305 e. The van der Waals surface area contributed by atoms with Gasteiger partial charge >= 0.3 is 5.97 Å². The van der Waals surface area contributed by atoms with Gasteiger partial charge in [0.05, 0.1) is 24.0 Å². The van der Waals surface area contributed by atoms with E-state index in [1.54, 1.807) is 23.9 Å². The van der Waals surface area contributed by atoms with Gasteiger partial charge in [0.1, 0.15) is 11.9 Å². The Morgan fingerprint density at radius 3 is 2.74 bits per heavy atom. The number of hydrogen-bond donors (Lipinski definition) is 2. The van der Waals surface area contributed by atoms with Gasteiger partial charge in [0.2, 0.25) is 5.91 Å². The fourth-order valence-electron chi connectivity index (χ4n) is 4.22. The Labute approximate surface area is 181 Å². The number of fused-ring (bicyclic) bond motifs is 2. The molecule has 4 rings (SSSR count). The second-order valence-electron chi connectivity index (χ2n) is 8.25. The maximum atomic E-state index is 12.7. The summed E-state index contributed by atoms with van der Waals surface area (Å²) in [5.41, 5.74) is 5.03. The molecule has 2 N–H and O–H groups in total. The fraction of sp³-hybridized carbons (Fsp3) is 0.348. The summed E-state index contributed by atoms with van der Waals surface area (Å²) in [6.07, 6.45) is -0.221. The zero-order chi connectivity index (χ0) is 22.1. The normalized spacial score (nSPS) is 16.6. The Bertz CT molecular complexity index is 1090. The lowest BCUT2D eigenvalue weighted by Crippen LogP contribution is -2.44. The predicted molar refractivity (Wildman–Crippen MR) is 119 cm³/mol. The van der Waals surface area contributed by atoms with Crippen molar-refractivity contribution >= 4 is 28.6 Å². The third kappa shape index (κ3) is 4.39. The number of imidazole rings is 1. The van der Waals surface area contributed by atoms with Crippen LogP contribution in [0, 0.1) is 0 Å². The molecule has 1 unspecified atom stereocenters. The number of aromatic nitrogens is 2. The largest absolute Gasteiger partial charge is 0.481 e. The minimum Gasteiger partial charge on any atom is -0.481 e. The summed E-state index contributed by atoms with van der Waals surface area (Å²) in [5.74, 6) is -0.240. The molecule has 31 heavy (non-hydrogen) atoms. The van der Waals surface area contributed by atoms with Crippen LogP contribution >= 0.6 is 0 Å². The molecule has 0 spiro atoms. The number of para-hydroxylation sites is 2. The first-order valence-electron chi connectivity index (χ1n) is 10.3. The van der Waals surface area contributed by atoms with Crippen molar-refractivity contribution in [1.29, 1.82) is 0 Å². The van der Waals surface area contributed by atoms with Crippen molar-refractivity contribution in [1.82, 2.24) is 19.8 Å². The van der Waals surface area contributed by atoms with E-state index < -0.39 is 12.0 Å². The molecule has 0 aliphatic carbocycles. The molecule has 8 nitrogen and oxygen atoms in total. The minimum absolute atomic E-state index is 0.176. The van der Waals surface area contributed by atoms with Crippen LogP contribution in [0.1, 0.15) is 23.4 Å². The van der Waals surface area contributed by atoms with E-state index in [0.717, 1.165) is 40.2 Å². The minimum atomic E-state index is -0.981. The highest BCUT2D eigenvalue weighted by atomic mass is 16.4. The van der Waals surface area contributed by atoms with E-state index in [0.29, 0.717) is 13.1 Å². The SMILES string of the molecule is CN(Cc1ccc2c(c1)CN(C)C(=O)C(CC(=O)O)N2C)Cc1nc2ccccc2[nH]1. The number of carboxylic acid groups (broad SMARTS) is 1. The number of benzene rings is 2. The summed E-state index contributed by atoms with van der Waals surface area (Å²) in [6.45, 7) is 1.87. The van der Waals surface area contributed by atoms with Crippen molar-refractivity contribution in [3.8, 4) is 0 Å². The third-order valence-electron chi connectivity index (χ3n) is 5.74. The lowest BCUT2D eigenvalue weighted by atomic mass is 10.1. The van der Waals surface area contributed by atoms with Crippen molar-refractivity contribution in [2.45, 2.75) is 32.1 Å². The highest BCUT2D eigenvalue weighted by Crippen LogP contribution is 2.29. The van der Waals surface area contributed by atoms with E-state index in [1.807, 2.05) is 43.4 Å². The van der Waals surface area contributed by atoms with Crippen LogP contribution in [0.2, 0.25) is 0 Å². The summed E-state index contributed by atoms with van der Waals surface area (Å²) in [7, 11) is 5.56. The zero-order valence-electron chi connectivity index (χ0n) is 18.0. The van der Waals surface area contributed by atoms with Gasteiger partial charge in [0.25, 0.3) is 0 Å². The standard InChI is InChI=1S/C23H27N5O3/c1-26(14-21-24-17-6-4-5-7-18(17)25-21)12-15-8-9-19-16(10-15)13-27(2)23(31)20(28(19)3)11-22(29)30/h4-10,20H,11-14H2,1-3H3,(H,24,25)(H,29,30). The van der Waals surface area contributed by atoms with E-state index in [9.17, 15) is 14.7 Å². The van der Waals surface area contributed by atoms with Crippen LogP contribution in [-0.4, -0.2) is 63.9 Å². The van der Waals surface area contributed by atoms with E-state index in [-0.39, 0.29) is 12.3 Å². The van der Waals surface area contributed by atoms with Crippen molar-refractivity contribution < 1.29 is 14.7 Å². The molecule has 1 aromatic heterocycles. The van der Waals surface area contributed by atoms with Gasteiger partial charge in [-0.15, -0.1) is 0 Å². The van der Waals surface area contributed by atoms with Gasteiger partial charge < -0.3 is 19.9 Å². The molecule has 0 saturated carbocycles. The molecule has 1 aliphatic rings. The lowest BCUT2D eigenvalue weighted by Gasteiger charge is -2.27. The number of carbonyl (C=O) groups excluding carboxylic acids is 1. The highest BCUT2D eigenvalue weighted by Gasteiger charge is 2.33. The van der Waals surface area contributed by atoms with Crippen LogP contribution in [0.3, 0.4) is 0 Å². The summed E-state index contributed by atoms with van der Waals surface area (Å²) in [4.78, 5) is 37.5. The number of amides is 1. The molecule has 2 heterocycles. The van der Waals surface area contributed by atoms with E-state index in [2.05, 4.69) is 20.9 Å². The van der Waals surface area contributed by atoms with Crippen LogP contribution in [0.5, 0.6) is 0 Å². The van der Waals surface area contributed by atoms with Crippen LogP contribution in [0.15, 0.2) is 42.5 Å². The molecular formula is C23H27N5O3. The topological polar surface area (TPSA) is 92.8 Å². The van der Waals surface area contributed by atoms with Gasteiger partial charge in [-0.2, -0.15) is 0 Å². The van der Waals surface area contributed by atoms with Crippen molar-refractivity contribution in [2.24, 2.45) is 0 Å². The third-order valence-corrected chi connectivity index (χ3v) is 5.74. The molecule has 1 amide bonds. The first-order chi connectivity index (χ1) is 14.8. The van der Waals surface area contributed by atoms with E-state index >= 15 is 0 Å². The van der Waals surface area contributed by atoms with E-state index in [4.69, 9.17) is 0 Å². The fourth-order valence-corrected chi connectivity index (χ4v) is 4.22. The molecular weight excluding hydrogens is 394 g/mol. The Morgan fingerprint density at radius 1 is 1.23 bits per heavy atom. The number of H-pyrrole nitrogens is 1. The molecule has 8 heteroatoms. The number of anilines is 1. The average Bonchev–Trinajstić information content (AvgIpc) is 3.09. The first-order valence-corrected chi connectivity index (χ1v) is 10.3. The number of nitrogens with one attached hydrogen (secondary N) is 1. The molecule has 1 atom stereocenters. The Kier molecular flexibility index (Phi) is 5.65. The van der Waals surface area contributed by atoms with E-state index in [1.165, 1.54) is 0 Å². The Balaban J connectivity index is 1.51. The average molecular weight is 422 g/mol. The maximum absolute atomic E-state index is 12.7. The number of aromatic amines is 1. The molecule has 2 aromatic carbocycles. The number of aliphatic carboxylic acids is 1. The molecule has 0 fully saturated rings. The Hall–Kier alpha value is -3.39. The number of hydrogen-bond acceptors (Lipinski definition) is 5. The van der Waals surface area contributed by atoms with Gasteiger partial charge in [0, 0.05) is 32.9 Å². The smallest absolute Gasteiger partial charge is 0.305 e. The first kappa shape index (κ1) is 20.9. The monoisotopic (exact) mass is 421 g/mol. The van der Waals surface area contributed by atoms with Gasteiger partial charge in [0.15, 0.2) is 0 Å². The molecule has 1 aliphatic heterocycles. The summed E-state index contributed by atoms with van der Waals surface area (Å²) >= 11 is 0. The Morgan fingerprint density at radius 2 is 2.00 bits per heavy atom. The van der Waals surface area contributed by atoms with Crippen molar-refractivity contribution in [2.75, 3.05) is 26.0 Å². The molecule has 0 radical (unpaired) electrons. The summed E-state index contributed by atoms with van der Waals surface area (Å²) in [6, 6.07) is 13.4. The highest BCUT2D eigenvalue weighted by molar-refractivity contribution is 5.90. The lowest BCUT2D eigenvalue weighted by molar-refractivity contribution is -0.141. The van der Waals surface area contributed by atoms with Crippen LogP contribution in [0.4, 0.5) is 5.69 Å². The second kappa shape index (κ2) is 8.39. The molecule has 3 aromatic rings. The van der Waals surface area contributed by atoms with Gasteiger partial charge in [-0.3, -0.25) is 14.5 Å². The van der Waals surface area contributed by atoms with Crippen LogP contribution in [-0.2, 0) is 29.2 Å². The number of carboxylic acids is 1. The van der Waals surface area contributed by atoms with Gasteiger partial charge in [-0.05, 0) is 36.4 Å². The number of likely N-dealkylation sites (N-methyl/N-ethyl adjacent to an activating group) is 2. The number of carbonyl (C=O) groups is 2. The van der Waals surface area contributed by atoms with Gasteiger partial charge in [-0.25, -0.2) is 4.98 Å². The summed E-state index contributed by atoms with van der Waals surface area (Å²) < 4.78 is 0. The molecule has 162 valence electrons. The van der Waals surface area contributed by atoms with Crippen molar-refractivity contribution in [3.63, 3.8) is 0 Å². The quantitative estimate of drug-likeness (QED) is 0.635. The van der Waals surface area contributed by atoms with Crippen molar-refractivity contribution in [3.05, 3.63) is 59.4 Å². The molecule has 0 bridgehead atoms. The van der Waals surface area contributed by atoms with Crippen LogP contribution < -0.4 is 4.90 Å². The summed E-state index contributed by atoms with van der Waals surface area (Å²) in [5, 5.41) is 9.23. The second-order valence-corrected chi connectivity index (χ2v) is 8.25. The number of nitrogens with zero attached hydrogens (tertiary/aromatic N) is 4. The van der Waals surface area contributed by atoms with Crippen LogP contribution in [0.25, 0.3) is 11.0 Å². The number of rotatable bonds is 6.